The number of carbonyl (C=O) groups is 1. The molecule has 0 aromatic heterocycles. The molecule has 0 radical (unpaired) electrons. The lowest BCUT2D eigenvalue weighted by atomic mass is 10.2. The molecule has 4 heteroatoms. The normalized spacial score (nSPS) is 9.64. The van der Waals surface area contributed by atoms with E-state index in [4.69, 9.17) is 16.7 Å². The van der Waals surface area contributed by atoms with Crippen molar-refractivity contribution in [3.05, 3.63) is 27.2 Å². The average Bonchev–Trinajstić information content (AvgIpc) is 1.97. The molecule has 58 valence electrons. The number of benzene rings is 1. The molecule has 1 N–H and O–H groups in total. The first-order valence-electron chi connectivity index (χ1n) is 2.78. The molecule has 0 saturated heterocycles. The quantitative estimate of drug-likeness (QED) is 0.760. The third-order valence-electron chi connectivity index (χ3n) is 1.19. The summed E-state index contributed by atoms with van der Waals surface area (Å²) in [6.45, 7) is 0. The summed E-state index contributed by atoms with van der Waals surface area (Å²) in [4.78, 5) is 10.3. The van der Waals surface area contributed by atoms with E-state index >= 15 is 0 Å². The molecule has 1 aromatic rings. The zero-order chi connectivity index (χ0) is 8.43. The first-order chi connectivity index (χ1) is 5.15. The lowest BCUT2D eigenvalue weighted by Crippen LogP contribution is -1.81. The Kier molecular flexibility index (Phi) is 2.52. The van der Waals surface area contributed by atoms with Crippen LogP contribution in [0.2, 0.25) is 5.02 Å². The van der Waals surface area contributed by atoms with Crippen LogP contribution in [0.3, 0.4) is 0 Å². The second kappa shape index (κ2) is 3.24. The van der Waals surface area contributed by atoms with Gasteiger partial charge in [-0.05, 0) is 28.1 Å². The van der Waals surface area contributed by atoms with Crippen molar-refractivity contribution < 1.29 is 9.90 Å². The maximum absolute atomic E-state index is 10.3. The summed E-state index contributed by atoms with van der Waals surface area (Å²) in [6, 6.07) is 2.78. The molecule has 0 spiro atoms. The van der Waals surface area contributed by atoms with Gasteiger partial charge in [0, 0.05) is 5.56 Å². The first kappa shape index (κ1) is 8.56. The van der Waals surface area contributed by atoms with Crippen molar-refractivity contribution in [3.8, 4) is 5.75 Å². The molecule has 0 bridgehead atoms. The molecule has 11 heavy (non-hydrogen) atoms. The molecule has 0 aliphatic carbocycles. The van der Waals surface area contributed by atoms with Crippen LogP contribution in [0.15, 0.2) is 16.6 Å². The molecule has 0 aliphatic rings. The van der Waals surface area contributed by atoms with E-state index in [1.54, 1.807) is 0 Å². The SMILES string of the molecule is O=Cc1cc(O)c(Br)cc1Cl. The van der Waals surface area contributed by atoms with Crippen molar-refractivity contribution in [1.29, 1.82) is 0 Å². The second-order valence-electron chi connectivity index (χ2n) is 1.94. The first-order valence-corrected chi connectivity index (χ1v) is 3.95. The lowest BCUT2D eigenvalue weighted by Gasteiger charge is -1.99. The Labute approximate surface area is 76.9 Å². The van der Waals surface area contributed by atoms with Gasteiger partial charge in [0.15, 0.2) is 6.29 Å². The number of carbonyl (C=O) groups excluding carboxylic acids is 1. The summed E-state index contributed by atoms with van der Waals surface area (Å²) < 4.78 is 0.480. The van der Waals surface area contributed by atoms with Crippen LogP contribution in [0.1, 0.15) is 10.4 Å². The van der Waals surface area contributed by atoms with Gasteiger partial charge in [-0.1, -0.05) is 11.6 Å². The summed E-state index contributed by atoms with van der Waals surface area (Å²) >= 11 is 8.69. The van der Waals surface area contributed by atoms with Crippen LogP contribution in [0.4, 0.5) is 0 Å². The van der Waals surface area contributed by atoms with Crippen LogP contribution < -0.4 is 0 Å². The number of phenolic OH excluding ortho intramolecular Hbond substituents is 1. The number of rotatable bonds is 1. The van der Waals surface area contributed by atoms with Gasteiger partial charge in [-0.15, -0.1) is 0 Å². The summed E-state index contributed by atoms with van der Waals surface area (Å²) in [5.74, 6) is 0.0106. The summed E-state index contributed by atoms with van der Waals surface area (Å²) in [7, 11) is 0. The average molecular weight is 235 g/mol. The maximum atomic E-state index is 10.3. The molecule has 2 nitrogen and oxygen atoms in total. The summed E-state index contributed by atoms with van der Waals surface area (Å²) in [5.41, 5.74) is 0.285. The minimum absolute atomic E-state index is 0.0106. The second-order valence-corrected chi connectivity index (χ2v) is 3.20. The van der Waals surface area contributed by atoms with Crippen LogP contribution in [0.25, 0.3) is 0 Å². The number of hydrogen-bond acceptors (Lipinski definition) is 2. The minimum Gasteiger partial charge on any atom is -0.507 e. The highest BCUT2D eigenvalue weighted by Gasteiger charge is 2.03. The van der Waals surface area contributed by atoms with E-state index in [-0.39, 0.29) is 11.3 Å². The maximum Gasteiger partial charge on any atom is 0.151 e. The topological polar surface area (TPSA) is 37.3 Å². The van der Waals surface area contributed by atoms with Crippen LogP contribution in [0.5, 0.6) is 5.75 Å². The highest BCUT2D eigenvalue weighted by Crippen LogP contribution is 2.29. The van der Waals surface area contributed by atoms with Gasteiger partial charge in [-0.3, -0.25) is 4.79 Å². The smallest absolute Gasteiger partial charge is 0.151 e. The van der Waals surface area contributed by atoms with E-state index in [0.717, 1.165) is 0 Å². The lowest BCUT2D eigenvalue weighted by molar-refractivity contribution is 0.112. The predicted molar refractivity (Wildman–Crippen MR) is 46.2 cm³/mol. The number of aromatic hydroxyl groups is 1. The zero-order valence-electron chi connectivity index (χ0n) is 5.34. The van der Waals surface area contributed by atoms with Gasteiger partial charge in [-0.25, -0.2) is 0 Å². The van der Waals surface area contributed by atoms with Crippen molar-refractivity contribution in [1.82, 2.24) is 0 Å². The van der Waals surface area contributed by atoms with Crippen LogP contribution in [-0.2, 0) is 0 Å². The van der Waals surface area contributed by atoms with Crippen molar-refractivity contribution >= 4 is 33.8 Å². The summed E-state index contributed by atoms with van der Waals surface area (Å²) in [6.07, 6.45) is 0.592. The number of hydrogen-bond donors (Lipinski definition) is 1. The molecule has 1 rings (SSSR count). The molecule has 0 aliphatic heterocycles. The Morgan fingerprint density at radius 3 is 2.73 bits per heavy atom. The Morgan fingerprint density at radius 1 is 1.55 bits per heavy atom. The third kappa shape index (κ3) is 1.73. The van der Waals surface area contributed by atoms with Crippen LogP contribution in [-0.4, -0.2) is 11.4 Å². The van der Waals surface area contributed by atoms with E-state index in [9.17, 15) is 4.79 Å². The van der Waals surface area contributed by atoms with Crippen molar-refractivity contribution in [2.24, 2.45) is 0 Å². The molecule has 0 unspecified atom stereocenters. The molecule has 0 atom stereocenters. The Morgan fingerprint density at radius 2 is 2.18 bits per heavy atom. The van der Waals surface area contributed by atoms with Gasteiger partial charge in [0.1, 0.15) is 5.75 Å². The minimum atomic E-state index is 0.0106. The van der Waals surface area contributed by atoms with Crippen LogP contribution in [0, 0.1) is 0 Å². The molecule has 0 amide bonds. The Hall–Kier alpha value is -0.540. The van der Waals surface area contributed by atoms with E-state index in [1.165, 1.54) is 12.1 Å². The van der Waals surface area contributed by atoms with E-state index < -0.39 is 0 Å². The molecule has 1 aromatic carbocycles. The fourth-order valence-electron chi connectivity index (χ4n) is 0.644. The van der Waals surface area contributed by atoms with E-state index in [1.807, 2.05) is 0 Å². The summed E-state index contributed by atoms with van der Waals surface area (Å²) in [5, 5.41) is 9.42. The Balaban J connectivity index is 3.31. The van der Waals surface area contributed by atoms with E-state index in [0.29, 0.717) is 15.8 Å². The van der Waals surface area contributed by atoms with Crippen LogP contribution >= 0.6 is 27.5 Å². The van der Waals surface area contributed by atoms with Gasteiger partial charge in [0.2, 0.25) is 0 Å². The molecule has 0 heterocycles. The monoisotopic (exact) mass is 234 g/mol. The molecular formula is C7H4BrClO2. The van der Waals surface area contributed by atoms with Crippen molar-refractivity contribution in [3.63, 3.8) is 0 Å². The van der Waals surface area contributed by atoms with Crippen molar-refractivity contribution in [2.75, 3.05) is 0 Å². The number of halogens is 2. The molecular weight excluding hydrogens is 231 g/mol. The third-order valence-corrected chi connectivity index (χ3v) is 2.16. The highest BCUT2D eigenvalue weighted by molar-refractivity contribution is 9.10. The predicted octanol–water partition coefficient (Wildman–Crippen LogP) is 2.62. The van der Waals surface area contributed by atoms with Gasteiger partial charge in [0.25, 0.3) is 0 Å². The van der Waals surface area contributed by atoms with Gasteiger partial charge in [-0.2, -0.15) is 0 Å². The zero-order valence-corrected chi connectivity index (χ0v) is 7.69. The highest BCUT2D eigenvalue weighted by atomic mass is 79.9. The van der Waals surface area contributed by atoms with Gasteiger partial charge < -0.3 is 5.11 Å². The van der Waals surface area contributed by atoms with Gasteiger partial charge in [0.05, 0.1) is 9.50 Å². The Bertz CT molecular complexity index is 299. The number of aldehydes is 1. The molecule has 0 fully saturated rings. The molecule has 0 saturated carbocycles. The van der Waals surface area contributed by atoms with Gasteiger partial charge >= 0.3 is 0 Å². The fraction of sp³-hybridized carbons (Fsp3) is 0. The van der Waals surface area contributed by atoms with E-state index in [2.05, 4.69) is 15.9 Å². The standard InChI is InChI=1S/C7H4BrClO2/c8-5-2-6(9)4(3-10)1-7(5)11/h1-3,11H. The number of phenols is 1. The largest absolute Gasteiger partial charge is 0.507 e. The fourth-order valence-corrected chi connectivity index (χ4v) is 1.33. The van der Waals surface area contributed by atoms with Crippen molar-refractivity contribution in [2.45, 2.75) is 0 Å².